The standard InChI is InChI=1S/C38H50N4O4Si/c1-38(2,3)47(5,6)46-31-21-23-41(24-22-31)30-17-18-32-34(25-30)40(4)37(43)42(32)33-19-20-35(44-26-28-13-9-7-10-14-28)39-36(33)45-27-29-15-11-8-12-16-29/h7-16,18-20,30-31,34H,17,21-27H2,1-6H3/i25D2,30D,34D. The van der Waals surface area contributed by atoms with Gasteiger partial charge < -0.3 is 18.8 Å². The number of amides is 2. The van der Waals surface area contributed by atoms with Gasteiger partial charge in [-0.05, 0) is 61.0 Å². The predicted octanol–water partition coefficient (Wildman–Crippen LogP) is 8.01. The highest BCUT2D eigenvalue weighted by molar-refractivity contribution is 6.74. The summed E-state index contributed by atoms with van der Waals surface area (Å²) in [6.45, 7) is 12.5. The molecule has 1 aromatic heterocycles. The predicted molar refractivity (Wildman–Crippen MR) is 189 cm³/mol. The molecule has 0 saturated carbocycles. The number of urea groups is 1. The summed E-state index contributed by atoms with van der Waals surface area (Å²) >= 11 is 0. The minimum atomic E-state index is -2.48. The number of carbonyl (C=O) groups is 1. The second kappa shape index (κ2) is 13.8. The molecule has 0 spiro atoms. The first-order valence-corrected chi connectivity index (χ1v) is 19.5. The van der Waals surface area contributed by atoms with Gasteiger partial charge in [-0.25, -0.2) is 4.79 Å². The Labute approximate surface area is 287 Å². The molecule has 3 aliphatic rings. The van der Waals surface area contributed by atoms with Gasteiger partial charge in [-0.2, -0.15) is 4.98 Å². The van der Waals surface area contributed by atoms with Crippen LogP contribution in [-0.4, -0.2) is 67.4 Å². The molecular formula is C38H50N4O4Si. The smallest absolute Gasteiger partial charge is 0.329 e. The third kappa shape index (κ3) is 7.42. The highest BCUT2D eigenvalue weighted by atomic mass is 28.4. The van der Waals surface area contributed by atoms with Crippen molar-refractivity contribution in [1.29, 1.82) is 0 Å². The van der Waals surface area contributed by atoms with Gasteiger partial charge in [-0.3, -0.25) is 9.80 Å². The molecule has 2 fully saturated rings. The highest BCUT2D eigenvalue weighted by Crippen LogP contribution is 2.43. The Morgan fingerprint density at radius 3 is 2.17 bits per heavy atom. The third-order valence-corrected chi connectivity index (χ3v) is 14.2. The highest BCUT2D eigenvalue weighted by Gasteiger charge is 2.46. The number of benzene rings is 2. The molecule has 0 N–H and O–H groups in total. The van der Waals surface area contributed by atoms with Crippen molar-refractivity contribution in [2.45, 2.75) is 95.9 Å². The monoisotopic (exact) mass is 658 g/mol. The maximum Gasteiger partial charge on any atom is 0.329 e. The minimum absolute atomic E-state index is 0.00670. The summed E-state index contributed by atoms with van der Waals surface area (Å²) in [5.74, 6) is 0.408. The fourth-order valence-corrected chi connectivity index (χ4v) is 7.27. The molecule has 0 radical (unpaired) electrons. The van der Waals surface area contributed by atoms with Crippen molar-refractivity contribution in [2.24, 2.45) is 0 Å². The van der Waals surface area contributed by atoms with Crippen LogP contribution < -0.4 is 14.4 Å². The number of hydrogen-bond acceptors (Lipinski definition) is 6. The number of piperidine rings is 1. The molecule has 47 heavy (non-hydrogen) atoms. The van der Waals surface area contributed by atoms with E-state index in [0.29, 0.717) is 31.8 Å². The van der Waals surface area contributed by atoms with Crippen LogP contribution in [0.4, 0.5) is 10.5 Å². The maximum absolute atomic E-state index is 14.2. The first kappa shape index (κ1) is 28.4. The molecule has 1 aliphatic carbocycles. The van der Waals surface area contributed by atoms with Crippen LogP contribution in [-0.2, 0) is 17.6 Å². The first-order chi connectivity index (χ1) is 24.0. The second-order valence-electron chi connectivity index (χ2n) is 14.0. The zero-order chi connectivity index (χ0) is 36.8. The van der Waals surface area contributed by atoms with Crippen molar-refractivity contribution in [3.63, 3.8) is 0 Å². The van der Waals surface area contributed by atoms with Gasteiger partial charge in [0.05, 0.1) is 7.39 Å². The van der Waals surface area contributed by atoms with Crippen LogP contribution in [0.1, 0.15) is 63.0 Å². The van der Waals surface area contributed by atoms with E-state index in [9.17, 15) is 10.3 Å². The normalized spacial score (nSPS) is 26.5. The number of fused-ring (bicyclic) bond motifs is 1. The van der Waals surface area contributed by atoms with Gasteiger partial charge in [-0.15, -0.1) is 0 Å². The molecule has 9 heteroatoms. The summed E-state index contributed by atoms with van der Waals surface area (Å²) in [6, 6.07) is 18.0. The van der Waals surface area contributed by atoms with Crippen LogP contribution in [0.5, 0.6) is 11.8 Å². The molecule has 250 valence electrons. The van der Waals surface area contributed by atoms with E-state index in [4.69, 9.17) is 13.9 Å². The number of likely N-dealkylation sites (N-methyl/N-ethyl adjacent to an activating group) is 1. The molecule has 2 atom stereocenters. The average Bonchev–Trinajstić information content (AvgIpc) is 3.30. The van der Waals surface area contributed by atoms with Crippen molar-refractivity contribution >= 4 is 20.0 Å². The number of likely N-dealkylation sites (tertiary alicyclic amines) is 1. The summed E-state index contributed by atoms with van der Waals surface area (Å²) in [7, 11) is -0.562. The van der Waals surface area contributed by atoms with Gasteiger partial charge in [0.2, 0.25) is 11.8 Å². The number of ether oxygens (including phenoxy) is 2. The van der Waals surface area contributed by atoms with Crippen molar-refractivity contribution in [3.8, 4) is 11.8 Å². The van der Waals surface area contributed by atoms with E-state index in [1.165, 1.54) is 11.9 Å². The largest absolute Gasteiger partial charge is 0.473 e. The Kier molecular flexibility index (Phi) is 8.34. The average molecular weight is 659 g/mol. The number of anilines is 1. The molecule has 2 amide bonds. The summed E-state index contributed by atoms with van der Waals surface area (Å²) in [6.07, 6.45) is 0.600. The number of nitrogens with zero attached hydrogens (tertiary/aromatic N) is 4. The minimum Gasteiger partial charge on any atom is -0.473 e. The Morgan fingerprint density at radius 1 is 0.936 bits per heavy atom. The van der Waals surface area contributed by atoms with Gasteiger partial charge >= 0.3 is 6.03 Å². The van der Waals surface area contributed by atoms with Crippen LogP contribution in [0.25, 0.3) is 0 Å². The van der Waals surface area contributed by atoms with Crippen molar-refractivity contribution < 1.29 is 24.2 Å². The van der Waals surface area contributed by atoms with Crippen LogP contribution >= 0.6 is 0 Å². The van der Waals surface area contributed by atoms with Crippen molar-refractivity contribution in [2.75, 3.05) is 25.0 Å². The zero-order valence-corrected chi connectivity index (χ0v) is 29.5. The molecule has 2 unspecified atom stereocenters. The molecular weight excluding hydrogens is 605 g/mol. The fourth-order valence-electron chi connectivity index (χ4n) is 5.85. The van der Waals surface area contributed by atoms with E-state index < -0.39 is 32.8 Å². The number of hydrogen-bond donors (Lipinski definition) is 0. The van der Waals surface area contributed by atoms with Gasteiger partial charge in [0.15, 0.2) is 8.32 Å². The molecule has 3 heterocycles. The molecule has 8 nitrogen and oxygen atoms in total. The van der Waals surface area contributed by atoms with E-state index in [-0.39, 0.29) is 48.0 Å². The Morgan fingerprint density at radius 2 is 1.55 bits per heavy atom. The van der Waals surface area contributed by atoms with E-state index >= 15 is 0 Å². The number of pyridine rings is 1. The zero-order valence-electron chi connectivity index (χ0n) is 32.5. The lowest BCUT2D eigenvalue weighted by Gasteiger charge is -2.44. The molecule has 0 bridgehead atoms. The summed E-state index contributed by atoms with van der Waals surface area (Å²) < 4.78 is 57.3. The topological polar surface area (TPSA) is 67.4 Å². The number of carbonyl (C=O) groups excluding carboxylic acids is 1. The lowest BCUT2D eigenvalue weighted by molar-refractivity contribution is 0.0591. The molecule has 2 saturated heterocycles. The quantitative estimate of drug-likeness (QED) is 0.206. The first-order valence-electron chi connectivity index (χ1n) is 18.6. The van der Waals surface area contributed by atoms with E-state index in [1.807, 2.05) is 65.6 Å². The second-order valence-corrected chi connectivity index (χ2v) is 18.7. The van der Waals surface area contributed by atoms with E-state index in [0.717, 1.165) is 16.0 Å². The van der Waals surface area contributed by atoms with Gasteiger partial charge in [-0.1, -0.05) is 87.5 Å². The van der Waals surface area contributed by atoms with E-state index in [2.05, 4.69) is 38.8 Å². The Balaban J connectivity index is 1.29. The van der Waals surface area contributed by atoms with Crippen molar-refractivity contribution in [3.05, 3.63) is 95.7 Å². The molecule has 2 aliphatic heterocycles. The van der Waals surface area contributed by atoms with Gasteiger partial charge in [0.25, 0.3) is 0 Å². The maximum atomic E-state index is 14.2. The lowest BCUT2D eigenvalue weighted by Crippen LogP contribution is -2.50. The summed E-state index contributed by atoms with van der Waals surface area (Å²) in [5.41, 5.74) is 2.27. The van der Waals surface area contributed by atoms with Crippen LogP contribution in [0.2, 0.25) is 18.1 Å². The summed E-state index contributed by atoms with van der Waals surface area (Å²) in [4.78, 5) is 23.1. The molecule has 2 aromatic carbocycles. The van der Waals surface area contributed by atoms with Gasteiger partial charge in [0, 0.05) is 48.1 Å². The van der Waals surface area contributed by atoms with E-state index in [1.54, 1.807) is 18.2 Å². The van der Waals surface area contributed by atoms with Crippen LogP contribution in [0, 0.1) is 0 Å². The van der Waals surface area contributed by atoms with Gasteiger partial charge in [0.1, 0.15) is 18.9 Å². The molecule has 3 aromatic rings. The van der Waals surface area contributed by atoms with Crippen molar-refractivity contribution in [1.82, 2.24) is 14.8 Å². The summed E-state index contributed by atoms with van der Waals surface area (Å²) in [5, 5.41) is 0.0728. The SMILES string of the molecule is [2H]C1(N2CCC(O[Si](C)(C)C(C)(C)C)CC2)CC=C2N(c3ccc(OCc4ccccc4)nc3OCc3ccccc3)C(=O)N(C)C2([2H])C1([2H])[2H]. The number of rotatable bonds is 10. The lowest BCUT2D eigenvalue weighted by atomic mass is 9.91. The third-order valence-electron chi connectivity index (χ3n) is 9.64. The number of aromatic nitrogens is 1. The van der Waals surface area contributed by atoms with Crippen LogP contribution in [0.3, 0.4) is 0 Å². The molecule has 6 rings (SSSR count). The Hall–Kier alpha value is -3.66. The Bertz CT molecular complexity index is 1750. The van der Waals surface area contributed by atoms with Crippen LogP contribution in [0.15, 0.2) is 84.6 Å². The fraction of sp³-hybridized carbons (Fsp3) is 0.474.